The highest BCUT2D eigenvalue weighted by Gasteiger charge is 2.46. The van der Waals surface area contributed by atoms with Crippen molar-refractivity contribution in [3.63, 3.8) is 0 Å². The van der Waals surface area contributed by atoms with Crippen LogP contribution in [-0.4, -0.2) is 23.4 Å². The van der Waals surface area contributed by atoms with Gasteiger partial charge in [0.15, 0.2) is 0 Å². The van der Waals surface area contributed by atoms with Crippen molar-refractivity contribution in [2.45, 2.75) is 39.7 Å². The molecule has 1 aliphatic rings. The fraction of sp³-hybridized carbons (Fsp3) is 0.533. The monoisotopic (exact) mass is 291 g/mol. The number of hydrogen-bond acceptors (Lipinski definition) is 4. The van der Waals surface area contributed by atoms with Gasteiger partial charge in [-0.1, -0.05) is 20.8 Å². The normalized spacial score (nSPS) is 18.9. The molecule has 1 atom stereocenters. The zero-order chi connectivity index (χ0) is 15.6. The number of nitrogens with one attached hydrogen (secondary N) is 2. The van der Waals surface area contributed by atoms with Crippen molar-refractivity contribution in [1.29, 1.82) is 0 Å². The fourth-order valence-electron chi connectivity index (χ4n) is 2.20. The molecule has 6 heteroatoms. The molecule has 0 bridgehead atoms. The zero-order valence-corrected chi connectivity index (χ0v) is 12.6. The molecule has 0 aromatic heterocycles. The Morgan fingerprint density at radius 3 is 2.67 bits per heavy atom. The standard InChI is InChI=1S/C15H21N3O3/c1-4-7-16-12-6-5-10(18(20)21)8-11(12)14(19)17-13-9-15(13,2)3/h5-6,8,13,16H,4,7,9H2,1-3H3,(H,17,19). The van der Waals surface area contributed by atoms with E-state index in [0.29, 0.717) is 17.8 Å². The third-order valence-corrected chi connectivity index (χ3v) is 3.84. The summed E-state index contributed by atoms with van der Waals surface area (Å²) in [6.45, 7) is 6.90. The van der Waals surface area contributed by atoms with Crippen LogP contribution in [0.15, 0.2) is 18.2 Å². The summed E-state index contributed by atoms with van der Waals surface area (Å²) in [7, 11) is 0. The molecular weight excluding hydrogens is 270 g/mol. The Morgan fingerprint density at radius 1 is 1.48 bits per heavy atom. The number of carbonyl (C=O) groups is 1. The van der Waals surface area contributed by atoms with E-state index < -0.39 is 4.92 Å². The Labute approximate surface area is 124 Å². The Balaban J connectivity index is 2.22. The SMILES string of the molecule is CCCNc1ccc([N+](=O)[O-])cc1C(=O)NC1CC1(C)C. The van der Waals surface area contributed by atoms with Crippen LogP contribution in [0.5, 0.6) is 0 Å². The van der Waals surface area contributed by atoms with Gasteiger partial charge in [0.25, 0.3) is 11.6 Å². The highest BCUT2D eigenvalue weighted by molar-refractivity contribution is 6.00. The van der Waals surface area contributed by atoms with Crippen molar-refractivity contribution in [3.8, 4) is 0 Å². The minimum Gasteiger partial charge on any atom is -0.384 e. The van der Waals surface area contributed by atoms with Gasteiger partial charge in [-0.25, -0.2) is 0 Å². The first-order valence-electron chi connectivity index (χ1n) is 7.18. The predicted molar refractivity (Wildman–Crippen MR) is 81.5 cm³/mol. The molecule has 1 unspecified atom stereocenters. The van der Waals surface area contributed by atoms with Crippen molar-refractivity contribution in [2.75, 3.05) is 11.9 Å². The van der Waals surface area contributed by atoms with E-state index in [9.17, 15) is 14.9 Å². The van der Waals surface area contributed by atoms with E-state index in [4.69, 9.17) is 0 Å². The van der Waals surface area contributed by atoms with Gasteiger partial charge in [0.05, 0.1) is 10.5 Å². The largest absolute Gasteiger partial charge is 0.384 e. The third kappa shape index (κ3) is 3.51. The average molecular weight is 291 g/mol. The second-order valence-electron chi connectivity index (χ2n) is 6.13. The number of nitrogens with zero attached hydrogens (tertiary/aromatic N) is 1. The summed E-state index contributed by atoms with van der Waals surface area (Å²) < 4.78 is 0. The van der Waals surface area contributed by atoms with E-state index in [1.165, 1.54) is 12.1 Å². The number of non-ortho nitro benzene ring substituents is 1. The minimum absolute atomic E-state index is 0.0720. The minimum atomic E-state index is -0.485. The molecule has 1 saturated carbocycles. The summed E-state index contributed by atoms with van der Waals surface area (Å²) in [5.74, 6) is -0.257. The summed E-state index contributed by atoms with van der Waals surface area (Å²) in [4.78, 5) is 22.8. The van der Waals surface area contributed by atoms with Crippen LogP contribution in [0.3, 0.4) is 0 Å². The van der Waals surface area contributed by atoms with Gasteiger partial charge in [-0.05, 0) is 24.3 Å². The van der Waals surface area contributed by atoms with Crippen molar-refractivity contribution >= 4 is 17.3 Å². The number of nitro groups is 1. The molecule has 1 amide bonds. The lowest BCUT2D eigenvalue weighted by Crippen LogP contribution is -2.29. The van der Waals surface area contributed by atoms with E-state index in [1.54, 1.807) is 6.07 Å². The van der Waals surface area contributed by atoms with Crippen LogP contribution in [0.4, 0.5) is 11.4 Å². The summed E-state index contributed by atoms with van der Waals surface area (Å²) >= 11 is 0. The van der Waals surface area contributed by atoms with Gasteiger partial charge in [0.1, 0.15) is 0 Å². The molecule has 6 nitrogen and oxygen atoms in total. The van der Waals surface area contributed by atoms with Gasteiger partial charge in [0, 0.05) is 30.4 Å². The predicted octanol–water partition coefficient (Wildman–Crippen LogP) is 2.95. The molecule has 0 saturated heterocycles. The first-order chi connectivity index (χ1) is 9.85. The van der Waals surface area contributed by atoms with Crippen LogP contribution in [-0.2, 0) is 0 Å². The molecular formula is C15H21N3O3. The molecule has 1 aliphatic carbocycles. The number of carbonyl (C=O) groups excluding carboxylic acids is 1. The highest BCUT2D eigenvalue weighted by Crippen LogP contribution is 2.44. The molecule has 21 heavy (non-hydrogen) atoms. The van der Waals surface area contributed by atoms with Gasteiger partial charge in [-0.3, -0.25) is 14.9 Å². The molecule has 2 N–H and O–H groups in total. The van der Waals surface area contributed by atoms with Crippen molar-refractivity contribution < 1.29 is 9.72 Å². The van der Waals surface area contributed by atoms with E-state index >= 15 is 0 Å². The molecule has 0 radical (unpaired) electrons. The van der Waals surface area contributed by atoms with Crippen LogP contribution in [0.25, 0.3) is 0 Å². The second-order valence-corrected chi connectivity index (χ2v) is 6.13. The van der Waals surface area contributed by atoms with E-state index in [2.05, 4.69) is 24.5 Å². The number of hydrogen-bond donors (Lipinski definition) is 2. The Bertz CT molecular complexity index is 569. The lowest BCUT2D eigenvalue weighted by atomic mass is 10.1. The highest BCUT2D eigenvalue weighted by atomic mass is 16.6. The Morgan fingerprint density at radius 2 is 2.14 bits per heavy atom. The van der Waals surface area contributed by atoms with E-state index in [0.717, 1.165) is 12.8 Å². The first-order valence-corrected chi connectivity index (χ1v) is 7.18. The first kappa shape index (κ1) is 15.3. The van der Waals surface area contributed by atoms with Crippen LogP contribution in [0.1, 0.15) is 44.0 Å². The summed E-state index contributed by atoms with van der Waals surface area (Å²) in [5.41, 5.74) is 1.02. The van der Waals surface area contributed by atoms with Crippen LogP contribution >= 0.6 is 0 Å². The van der Waals surface area contributed by atoms with Gasteiger partial charge >= 0.3 is 0 Å². The maximum absolute atomic E-state index is 12.4. The topological polar surface area (TPSA) is 84.3 Å². The third-order valence-electron chi connectivity index (χ3n) is 3.84. The summed E-state index contributed by atoms with van der Waals surface area (Å²) in [6.07, 6.45) is 1.85. The van der Waals surface area contributed by atoms with Crippen LogP contribution < -0.4 is 10.6 Å². The van der Waals surface area contributed by atoms with Crippen LogP contribution in [0, 0.1) is 15.5 Å². The maximum Gasteiger partial charge on any atom is 0.270 e. The van der Waals surface area contributed by atoms with Gasteiger partial charge in [-0.15, -0.1) is 0 Å². The molecule has 1 aromatic rings. The quantitative estimate of drug-likeness (QED) is 0.623. The van der Waals surface area contributed by atoms with E-state index in [1.807, 2.05) is 6.92 Å². The lowest BCUT2D eigenvalue weighted by Gasteiger charge is -2.12. The van der Waals surface area contributed by atoms with E-state index in [-0.39, 0.29) is 23.1 Å². The van der Waals surface area contributed by atoms with Gasteiger partial charge < -0.3 is 10.6 Å². The van der Waals surface area contributed by atoms with Gasteiger partial charge in [0.2, 0.25) is 0 Å². The second kappa shape index (κ2) is 5.71. The molecule has 0 heterocycles. The Kier molecular flexibility index (Phi) is 4.16. The molecule has 2 rings (SSSR count). The smallest absolute Gasteiger partial charge is 0.270 e. The number of nitro benzene ring substituents is 1. The van der Waals surface area contributed by atoms with Gasteiger partial charge in [-0.2, -0.15) is 0 Å². The number of amides is 1. The van der Waals surface area contributed by atoms with Crippen LogP contribution in [0.2, 0.25) is 0 Å². The fourth-order valence-corrected chi connectivity index (χ4v) is 2.20. The lowest BCUT2D eigenvalue weighted by molar-refractivity contribution is -0.384. The van der Waals surface area contributed by atoms with Crippen molar-refractivity contribution in [1.82, 2.24) is 5.32 Å². The maximum atomic E-state index is 12.4. The number of benzene rings is 1. The van der Waals surface area contributed by atoms with Crippen molar-refractivity contribution in [3.05, 3.63) is 33.9 Å². The molecule has 1 fully saturated rings. The summed E-state index contributed by atoms with van der Waals surface area (Å²) in [5, 5.41) is 17.0. The summed E-state index contributed by atoms with van der Waals surface area (Å²) in [6, 6.07) is 4.49. The number of anilines is 1. The van der Waals surface area contributed by atoms with Crippen molar-refractivity contribution in [2.24, 2.45) is 5.41 Å². The molecule has 114 valence electrons. The molecule has 1 aromatic carbocycles. The molecule has 0 spiro atoms. The molecule has 0 aliphatic heterocycles. The average Bonchev–Trinajstić information content (AvgIpc) is 3.02. The number of rotatable bonds is 6. The zero-order valence-electron chi connectivity index (χ0n) is 12.6. The Hall–Kier alpha value is -2.11.